The quantitative estimate of drug-likeness (QED) is 0.610. The molecule has 0 aromatic heterocycles. The van der Waals surface area contributed by atoms with Gasteiger partial charge in [0.1, 0.15) is 11.6 Å². The molecule has 0 saturated heterocycles. The van der Waals surface area contributed by atoms with Crippen molar-refractivity contribution in [3.8, 4) is 0 Å². The molecule has 0 spiro atoms. The predicted molar refractivity (Wildman–Crippen MR) is 59.6 cm³/mol. The molecule has 94 valence electrons. The van der Waals surface area contributed by atoms with Crippen LogP contribution in [0.1, 0.15) is 12.0 Å². The van der Waals surface area contributed by atoms with Gasteiger partial charge < -0.3 is 10.1 Å². The van der Waals surface area contributed by atoms with E-state index in [4.69, 9.17) is 0 Å². The maximum absolute atomic E-state index is 12.8. The van der Waals surface area contributed by atoms with E-state index in [1.54, 1.807) is 0 Å². The third-order valence-corrected chi connectivity index (χ3v) is 2.25. The van der Waals surface area contributed by atoms with Crippen molar-refractivity contribution in [2.45, 2.75) is 12.8 Å². The van der Waals surface area contributed by atoms with Gasteiger partial charge in [0.05, 0.1) is 13.5 Å². The second kappa shape index (κ2) is 6.96. The van der Waals surface area contributed by atoms with Crippen LogP contribution in [-0.4, -0.2) is 26.2 Å². The van der Waals surface area contributed by atoms with Crippen molar-refractivity contribution in [2.24, 2.45) is 0 Å². The summed E-state index contributed by atoms with van der Waals surface area (Å²) < 4.78 is 30.1. The van der Waals surface area contributed by atoms with Crippen molar-refractivity contribution in [3.63, 3.8) is 0 Å². The molecule has 0 aliphatic heterocycles. The standard InChI is InChI=1S/C12H15F2NO2/c1-17-12(16)3-5-15-4-2-9-6-10(13)8-11(14)7-9/h6-8,15H,2-5H2,1H3. The van der Waals surface area contributed by atoms with E-state index in [-0.39, 0.29) is 12.4 Å². The fourth-order valence-electron chi connectivity index (χ4n) is 1.41. The second-order valence-electron chi connectivity index (χ2n) is 3.60. The number of carbonyl (C=O) groups is 1. The highest BCUT2D eigenvalue weighted by Gasteiger charge is 2.01. The predicted octanol–water partition coefficient (Wildman–Crippen LogP) is 1.66. The van der Waals surface area contributed by atoms with Gasteiger partial charge in [-0.15, -0.1) is 0 Å². The molecule has 0 unspecified atom stereocenters. The van der Waals surface area contributed by atoms with E-state index in [0.717, 1.165) is 6.07 Å². The van der Waals surface area contributed by atoms with E-state index in [1.807, 2.05) is 0 Å². The molecule has 0 fully saturated rings. The molecule has 5 heteroatoms. The summed E-state index contributed by atoms with van der Waals surface area (Å²) in [6.07, 6.45) is 0.796. The number of nitrogens with one attached hydrogen (secondary N) is 1. The normalized spacial score (nSPS) is 10.3. The number of ether oxygens (including phenoxy) is 1. The van der Waals surface area contributed by atoms with Gasteiger partial charge in [-0.3, -0.25) is 4.79 Å². The van der Waals surface area contributed by atoms with Gasteiger partial charge in [0.15, 0.2) is 0 Å². The first-order valence-electron chi connectivity index (χ1n) is 5.34. The average molecular weight is 243 g/mol. The van der Waals surface area contributed by atoms with Crippen LogP contribution < -0.4 is 5.32 Å². The smallest absolute Gasteiger partial charge is 0.306 e. The fourth-order valence-corrected chi connectivity index (χ4v) is 1.41. The molecule has 1 rings (SSSR count). The van der Waals surface area contributed by atoms with Gasteiger partial charge in [-0.05, 0) is 30.7 Å². The minimum absolute atomic E-state index is 0.283. The van der Waals surface area contributed by atoms with Crippen molar-refractivity contribution in [3.05, 3.63) is 35.4 Å². The van der Waals surface area contributed by atoms with E-state index in [1.165, 1.54) is 19.2 Å². The second-order valence-corrected chi connectivity index (χ2v) is 3.60. The Morgan fingerprint density at radius 2 is 1.88 bits per heavy atom. The van der Waals surface area contributed by atoms with Gasteiger partial charge >= 0.3 is 5.97 Å². The van der Waals surface area contributed by atoms with Crippen LogP contribution in [-0.2, 0) is 16.0 Å². The maximum Gasteiger partial charge on any atom is 0.306 e. The first-order valence-corrected chi connectivity index (χ1v) is 5.34. The number of hydrogen-bond donors (Lipinski definition) is 1. The highest BCUT2D eigenvalue weighted by atomic mass is 19.1. The van der Waals surface area contributed by atoms with Crippen LogP contribution in [0.2, 0.25) is 0 Å². The summed E-state index contributed by atoms with van der Waals surface area (Å²) in [6.45, 7) is 1.05. The Kier molecular flexibility index (Phi) is 5.56. The van der Waals surface area contributed by atoms with Gasteiger partial charge in [-0.25, -0.2) is 8.78 Å². The fraction of sp³-hybridized carbons (Fsp3) is 0.417. The lowest BCUT2D eigenvalue weighted by Gasteiger charge is -2.04. The molecule has 0 amide bonds. The molecule has 17 heavy (non-hydrogen) atoms. The first kappa shape index (κ1) is 13.6. The molecule has 0 saturated carbocycles. The topological polar surface area (TPSA) is 38.3 Å². The van der Waals surface area contributed by atoms with Gasteiger partial charge in [-0.2, -0.15) is 0 Å². The van der Waals surface area contributed by atoms with Crippen LogP contribution >= 0.6 is 0 Å². The van der Waals surface area contributed by atoms with E-state index >= 15 is 0 Å². The maximum atomic E-state index is 12.8. The minimum atomic E-state index is -0.574. The largest absolute Gasteiger partial charge is 0.469 e. The minimum Gasteiger partial charge on any atom is -0.469 e. The van der Waals surface area contributed by atoms with Crippen LogP contribution in [0.25, 0.3) is 0 Å². The molecule has 0 heterocycles. The number of benzene rings is 1. The van der Waals surface area contributed by atoms with Crippen molar-refractivity contribution >= 4 is 5.97 Å². The van der Waals surface area contributed by atoms with Gasteiger partial charge in [-0.1, -0.05) is 0 Å². The molecule has 0 aliphatic rings. The van der Waals surface area contributed by atoms with Crippen LogP contribution in [0.5, 0.6) is 0 Å². The summed E-state index contributed by atoms with van der Waals surface area (Å²) in [5, 5.41) is 2.99. The van der Waals surface area contributed by atoms with Crippen molar-refractivity contribution in [2.75, 3.05) is 20.2 Å². The zero-order valence-corrected chi connectivity index (χ0v) is 9.63. The molecule has 0 aliphatic carbocycles. The van der Waals surface area contributed by atoms with Gasteiger partial charge in [0.2, 0.25) is 0 Å². The zero-order chi connectivity index (χ0) is 12.7. The monoisotopic (exact) mass is 243 g/mol. The van der Waals surface area contributed by atoms with Gasteiger partial charge in [0.25, 0.3) is 0 Å². The first-order chi connectivity index (χ1) is 8.11. The number of esters is 1. The number of halogens is 2. The lowest BCUT2D eigenvalue weighted by molar-refractivity contribution is -0.140. The molecule has 3 nitrogen and oxygen atoms in total. The molecule has 1 N–H and O–H groups in total. The summed E-state index contributed by atoms with van der Waals surface area (Å²) in [5.41, 5.74) is 0.591. The number of rotatable bonds is 6. The molecule has 1 aromatic rings. The van der Waals surface area contributed by atoms with Crippen LogP contribution in [0.4, 0.5) is 8.78 Å². The van der Waals surface area contributed by atoms with E-state index in [0.29, 0.717) is 25.1 Å². The van der Waals surface area contributed by atoms with Crippen LogP contribution in [0, 0.1) is 11.6 Å². The van der Waals surface area contributed by atoms with E-state index < -0.39 is 11.6 Å². The summed E-state index contributed by atoms with van der Waals surface area (Å²) >= 11 is 0. The lowest BCUT2D eigenvalue weighted by atomic mass is 10.1. The molecule has 0 bridgehead atoms. The number of carbonyl (C=O) groups excluding carboxylic acids is 1. The molecule has 1 aromatic carbocycles. The molecule has 0 radical (unpaired) electrons. The Hall–Kier alpha value is -1.49. The lowest BCUT2D eigenvalue weighted by Crippen LogP contribution is -2.21. The Bertz CT molecular complexity index is 363. The summed E-state index contributed by atoms with van der Waals surface area (Å²) in [7, 11) is 1.33. The number of hydrogen-bond acceptors (Lipinski definition) is 3. The van der Waals surface area contributed by atoms with Crippen LogP contribution in [0.3, 0.4) is 0 Å². The Labute approximate surface area is 98.8 Å². The van der Waals surface area contributed by atoms with Crippen LogP contribution in [0.15, 0.2) is 18.2 Å². The molecular formula is C12H15F2NO2. The van der Waals surface area contributed by atoms with Crippen molar-refractivity contribution in [1.82, 2.24) is 5.32 Å². The zero-order valence-electron chi connectivity index (χ0n) is 9.63. The summed E-state index contributed by atoms with van der Waals surface area (Å²) in [5.74, 6) is -1.43. The Morgan fingerprint density at radius 1 is 1.24 bits per heavy atom. The third kappa shape index (κ3) is 5.40. The highest BCUT2D eigenvalue weighted by molar-refractivity contribution is 5.69. The molecular weight excluding hydrogens is 228 g/mol. The van der Waals surface area contributed by atoms with E-state index in [9.17, 15) is 13.6 Å². The average Bonchev–Trinajstić information content (AvgIpc) is 2.27. The van der Waals surface area contributed by atoms with Crippen molar-refractivity contribution in [1.29, 1.82) is 0 Å². The van der Waals surface area contributed by atoms with Crippen molar-refractivity contribution < 1.29 is 18.3 Å². The Balaban J connectivity index is 2.24. The van der Waals surface area contributed by atoms with E-state index in [2.05, 4.69) is 10.1 Å². The highest BCUT2D eigenvalue weighted by Crippen LogP contribution is 2.07. The number of methoxy groups -OCH3 is 1. The molecule has 0 atom stereocenters. The summed E-state index contributed by atoms with van der Waals surface area (Å²) in [6, 6.07) is 3.43. The Morgan fingerprint density at radius 3 is 2.47 bits per heavy atom. The van der Waals surface area contributed by atoms with Gasteiger partial charge in [0, 0.05) is 12.6 Å². The third-order valence-electron chi connectivity index (χ3n) is 2.25. The summed E-state index contributed by atoms with van der Waals surface area (Å²) in [4.78, 5) is 10.8. The SMILES string of the molecule is COC(=O)CCNCCc1cc(F)cc(F)c1.